The molecule has 12 rings (SSSR count). The number of thiophene rings is 1. The van der Waals surface area contributed by atoms with Crippen LogP contribution in [0.5, 0.6) is 0 Å². The van der Waals surface area contributed by atoms with Gasteiger partial charge >= 0.3 is 0 Å². The van der Waals surface area contributed by atoms with Gasteiger partial charge in [-0.05, 0) is 62.5 Å². The number of rotatable bonds is 5. The molecule has 0 aliphatic rings. The molecule has 0 bridgehead atoms. The molecular formula is C53H31N3OS. The zero-order valence-electron chi connectivity index (χ0n) is 31.1. The minimum atomic E-state index is 0.590. The molecule has 12 aromatic rings. The molecule has 3 aromatic heterocycles. The van der Waals surface area contributed by atoms with Crippen LogP contribution in [0.3, 0.4) is 0 Å². The maximum atomic E-state index is 6.32. The first-order valence-electron chi connectivity index (χ1n) is 19.4. The van der Waals surface area contributed by atoms with Crippen LogP contribution in [0.1, 0.15) is 0 Å². The highest BCUT2D eigenvalue weighted by Gasteiger charge is 2.20. The van der Waals surface area contributed by atoms with Gasteiger partial charge in [-0.2, -0.15) is 0 Å². The molecule has 270 valence electrons. The minimum Gasteiger partial charge on any atom is -0.456 e. The Kier molecular flexibility index (Phi) is 7.37. The van der Waals surface area contributed by atoms with Crippen molar-refractivity contribution in [2.24, 2.45) is 0 Å². The highest BCUT2D eigenvalue weighted by Crippen LogP contribution is 2.46. The van der Waals surface area contributed by atoms with E-state index in [0.717, 1.165) is 60.2 Å². The smallest absolute Gasteiger partial charge is 0.164 e. The lowest BCUT2D eigenvalue weighted by molar-refractivity contribution is 0.669. The van der Waals surface area contributed by atoms with Gasteiger partial charge in [0.1, 0.15) is 11.2 Å². The normalized spacial score (nSPS) is 11.8. The zero-order chi connectivity index (χ0) is 38.2. The zero-order valence-corrected chi connectivity index (χ0v) is 31.9. The lowest BCUT2D eigenvalue weighted by atomic mass is 9.93. The number of hydrogen-bond acceptors (Lipinski definition) is 5. The summed E-state index contributed by atoms with van der Waals surface area (Å²) in [5, 5.41) is 9.15. The Labute approximate surface area is 337 Å². The summed E-state index contributed by atoms with van der Waals surface area (Å²) >= 11 is 1.87. The summed E-state index contributed by atoms with van der Waals surface area (Å²) in [6.07, 6.45) is 0. The Morgan fingerprint density at radius 2 is 0.845 bits per heavy atom. The summed E-state index contributed by atoms with van der Waals surface area (Å²) < 4.78 is 8.90. The molecule has 0 aliphatic heterocycles. The fourth-order valence-electron chi connectivity index (χ4n) is 8.64. The third-order valence-electron chi connectivity index (χ3n) is 11.4. The van der Waals surface area contributed by atoms with Gasteiger partial charge in [0.15, 0.2) is 17.5 Å². The fraction of sp³-hybridized carbons (Fsp3) is 0. The van der Waals surface area contributed by atoms with Gasteiger partial charge < -0.3 is 4.42 Å². The summed E-state index contributed by atoms with van der Waals surface area (Å²) in [5.41, 5.74) is 9.31. The molecule has 0 saturated carbocycles. The molecule has 4 nitrogen and oxygen atoms in total. The molecule has 0 aliphatic carbocycles. The largest absolute Gasteiger partial charge is 0.456 e. The second kappa shape index (κ2) is 13.1. The third kappa shape index (κ3) is 5.18. The van der Waals surface area contributed by atoms with Crippen molar-refractivity contribution < 1.29 is 4.42 Å². The van der Waals surface area contributed by atoms with Gasteiger partial charge in [-0.15, -0.1) is 11.3 Å². The van der Waals surface area contributed by atoms with Crippen molar-refractivity contribution in [1.29, 1.82) is 0 Å². The first-order chi connectivity index (χ1) is 28.7. The number of hydrogen-bond donors (Lipinski definition) is 0. The van der Waals surface area contributed by atoms with Crippen LogP contribution in [-0.2, 0) is 0 Å². The van der Waals surface area contributed by atoms with Crippen LogP contribution in [-0.4, -0.2) is 15.0 Å². The van der Waals surface area contributed by atoms with E-state index < -0.39 is 0 Å². The molecule has 0 amide bonds. The van der Waals surface area contributed by atoms with E-state index in [0.29, 0.717) is 17.5 Å². The van der Waals surface area contributed by atoms with Crippen molar-refractivity contribution >= 4 is 75.0 Å². The molecule has 5 heteroatoms. The Bertz CT molecular complexity index is 3580. The number of furan rings is 1. The van der Waals surface area contributed by atoms with Crippen molar-refractivity contribution in [2.75, 3.05) is 0 Å². The Balaban J connectivity index is 1.07. The van der Waals surface area contributed by atoms with Crippen molar-refractivity contribution in [1.82, 2.24) is 15.0 Å². The number of nitrogens with zero attached hydrogens (tertiary/aromatic N) is 3. The highest BCUT2D eigenvalue weighted by molar-refractivity contribution is 7.26. The van der Waals surface area contributed by atoms with Crippen LogP contribution < -0.4 is 0 Å². The summed E-state index contributed by atoms with van der Waals surface area (Å²) in [6, 6.07) is 66.2. The lowest BCUT2D eigenvalue weighted by Gasteiger charge is -2.14. The van der Waals surface area contributed by atoms with Gasteiger partial charge in [-0.25, -0.2) is 15.0 Å². The van der Waals surface area contributed by atoms with Crippen LogP contribution in [0.4, 0.5) is 0 Å². The van der Waals surface area contributed by atoms with E-state index in [9.17, 15) is 0 Å². The average molecular weight is 758 g/mol. The first-order valence-corrected chi connectivity index (χ1v) is 20.2. The van der Waals surface area contributed by atoms with Crippen LogP contribution in [0.25, 0.3) is 120 Å². The highest BCUT2D eigenvalue weighted by atomic mass is 32.1. The molecule has 0 saturated heterocycles. The van der Waals surface area contributed by atoms with E-state index in [2.05, 4.69) is 170 Å². The fourth-order valence-corrected chi connectivity index (χ4v) is 10.0. The summed E-state index contributed by atoms with van der Waals surface area (Å²) in [6.45, 7) is 0. The van der Waals surface area contributed by atoms with Crippen LogP contribution >= 0.6 is 11.3 Å². The van der Waals surface area contributed by atoms with Crippen LogP contribution in [0.2, 0.25) is 0 Å². The van der Waals surface area contributed by atoms with Crippen molar-refractivity contribution in [2.45, 2.75) is 0 Å². The van der Waals surface area contributed by atoms with Gasteiger partial charge in [-0.3, -0.25) is 0 Å². The minimum absolute atomic E-state index is 0.590. The monoisotopic (exact) mass is 757 g/mol. The van der Waals surface area contributed by atoms with E-state index in [1.54, 1.807) is 0 Å². The molecule has 0 fully saturated rings. The lowest BCUT2D eigenvalue weighted by Crippen LogP contribution is -2.01. The maximum absolute atomic E-state index is 6.32. The molecule has 0 radical (unpaired) electrons. The van der Waals surface area contributed by atoms with Crippen molar-refractivity contribution in [3.63, 3.8) is 0 Å². The average Bonchev–Trinajstić information content (AvgIpc) is 3.87. The molecular weight excluding hydrogens is 727 g/mol. The van der Waals surface area contributed by atoms with Gasteiger partial charge in [0, 0.05) is 53.2 Å². The van der Waals surface area contributed by atoms with E-state index in [-0.39, 0.29) is 0 Å². The van der Waals surface area contributed by atoms with E-state index in [1.165, 1.54) is 42.4 Å². The molecule has 3 heterocycles. The first kappa shape index (κ1) is 32.7. The van der Waals surface area contributed by atoms with Crippen LogP contribution in [0.15, 0.2) is 192 Å². The van der Waals surface area contributed by atoms with Gasteiger partial charge in [0.25, 0.3) is 0 Å². The number of fused-ring (bicyclic) bond motifs is 8. The third-order valence-corrected chi connectivity index (χ3v) is 12.7. The molecule has 9 aromatic carbocycles. The standard InChI is InChI=1S/C53H31N3OS/c1-2-13-33(14-3-1)36-21-11-23-43-44-24-12-22-42(50(44)58-49(36)43)39-29-30-46(38-19-7-6-18-37(38)39)53-55-51(34-27-28-41-40-20-8-9-26-47(40)57-48(41)31-34)54-52(56-53)45-25-10-16-32-15-4-5-17-35(32)45/h1-31H. The number of aromatic nitrogens is 3. The molecule has 0 spiro atoms. The summed E-state index contributed by atoms with van der Waals surface area (Å²) in [4.78, 5) is 15.7. The van der Waals surface area contributed by atoms with Crippen LogP contribution in [0, 0.1) is 0 Å². The van der Waals surface area contributed by atoms with Gasteiger partial charge in [-0.1, -0.05) is 164 Å². The van der Waals surface area contributed by atoms with E-state index >= 15 is 0 Å². The summed E-state index contributed by atoms with van der Waals surface area (Å²) in [7, 11) is 0. The molecule has 0 unspecified atom stereocenters. The van der Waals surface area contributed by atoms with Crippen molar-refractivity contribution in [3.8, 4) is 56.4 Å². The molecule has 0 N–H and O–H groups in total. The van der Waals surface area contributed by atoms with Gasteiger partial charge in [0.05, 0.1) is 0 Å². The number of benzene rings is 9. The molecule has 0 atom stereocenters. The van der Waals surface area contributed by atoms with Crippen molar-refractivity contribution in [3.05, 3.63) is 188 Å². The quantitative estimate of drug-likeness (QED) is 0.175. The molecule has 58 heavy (non-hydrogen) atoms. The van der Waals surface area contributed by atoms with E-state index in [4.69, 9.17) is 19.4 Å². The predicted molar refractivity (Wildman–Crippen MR) is 242 cm³/mol. The second-order valence-electron chi connectivity index (χ2n) is 14.7. The Morgan fingerprint density at radius 3 is 1.66 bits per heavy atom. The predicted octanol–water partition coefficient (Wildman–Crippen LogP) is 14.8. The second-order valence-corrected chi connectivity index (χ2v) is 15.7. The maximum Gasteiger partial charge on any atom is 0.164 e. The Hall–Kier alpha value is -7.47. The summed E-state index contributed by atoms with van der Waals surface area (Å²) in [5.74, 6) is 1.83. The van der Waals surface area contributed by atoms with E-state index in [1.807, 2.05) is 29.5 Å². The van der Waals surface area contributed by atoms with Gasteiger partial charge in [0.2, 0.25) is 0 Å². The number of para-hydroxylation sites is 1. The SMILES string of the molecule is c1ccc(-c2cccc3c2sc2c(-c4ccc(-c5nc(-c6ccc7c(c6)oc6ccccc67)nc(-c6cccc7ccccc67)n5)c5ccccc45)cccc23)cc1. The Morgan fingerprint density at radius 1 is 0.310 bits per heavy atom. The topological polar surface area (TPSA) is 51.8 Å².